The summed E-state index contributed by atoms with van der Waals surface area (Å²) in [6.07, 6.45) is 0.866. The van der Waals surface area contributed by atoms with Crippen LogP contribution < -0.4 is 29.6 Å². The summed E-state index contributed by atoms with van der Waals surface area (Å²) in [7, 11) is -3.97. The van der Waals surface area contributed by atoms with Crippen molar-refractivity contribution < 1.29 is 47.0 Å². The fourth-order valence-corrected chi connectivity index (χ4v) is 1.03. The van der Waals surface area contributed by atoms with E-state index in [1.807, 2.05) is 0 Å². The first kappa shape index (κ1) is 11.0. The van der Waals surface area contributed by atoms with E-state index in [0.717, 1.165) is 6.26 Å². The van der Waals surface area contributed by atoms with Crippen LogP contribution in [0.15, 0.2) is 11.8 Å². The predicted octanol–water partition coefficient (Wildman–Crippen LogP) is -2.93. The van der Waals surface area contributed by atoms with Crippen molar-refractivity contribution in [3.05, 3.63) is 16.6 Å². The second-order valence-corrected chi connectivity index (χ2v) is 2.95. The van der Waals surface area contributed by atoms with Crippen molar-refractivity contribution in [2.75, 3.05) is 0 Å². The molecular weight excluding hydrogens is 181 g/mol. The van der Waals surface area contributed by atoms with Gasteiger partial charge in [-0.3, -0.25) is 0 Å². The maximum Gasteiger partial charge on any atom is 1.00 e. The van der Waals surface area contributed by atoms with E-state index in [4.69, 9.17) is 0 Å². The molecule has 0 fully saturated rings. The summed E-state index contributed by atoms with van der Waals surface area (Å²) in [5.74, 6) is -0.772. The first-order chi connectivity index (χ1) is 4.51. The van der Waals surface area contributed by atoms with Gasteiger partial charge in [0.05, 0.1) is 5.91 Å². The molecule has 1 rings (SSSR count). The maximum atomic E-state index is 10.5. The fraction of sp³-hybridized carbons (Fsp3) is 0.250. The molecule has 0 saturated carbocycles. The van der Waals surface area contributed by atoms with Gasteiger partial charge < -0.3 is 13.7 Å². The molecule has 1 aliphatic rings. The Kier molecular flexibility index (Phi) is 3.56. The van der Waals surface area contributed by atoms with E-state index in [1.54, 1.807) is 0 Å². The van der Waals surface area contributed by atoms with Crippen molar-refractivity contribution in [3.8, 4) is 0 Å². The molecule has 0 N–H and O–H groups in total. The monoisotopic (exact) mass is 185 g/mol. The Morgan fingerprint density at radius 1 is 1.55 bits per heavy atom. The van der Waals surface area contributed by atoms with E-state index in [1.165, 1.54) is 6.92 Å². The van der Waals surface area contributed by atoms with Gasteiger partial charge in [0.1, 0.15) is 6.26 Å². The molecule has 1 amide bonds. The minimum atomic E-state index is -3.97. The summed E-state index contributed by atoms with van der Waals surface area (Å²) >= 11 is 0. The molecular formula is C4H4NNaO4S. The summed E-state index contributed by atoms with van der Waals surface area (Å²) in [4.78, 5) is 10.5. The minimum Gasteiger partial charge on any atom is -0.508 e. The molecule has 1 aliphatic heterocycles. The summed E-state index contributed by atoms with van der Waals surface area (Å²) in [5.41, 5.74) is 0.176. The molecule has 0 aromatic rings. The van der Waals surface area contributed by atoms with Gasteiger partial charge in [0.15, 0.2) is 0 Å². The van der Waals surface area contributed by atoms with Gasteiger partial charge in [-0.15, -0.1) is 0 Å². The van der Waals surface area contributed by atoms with Gasteiger partial charge in [-0.25, -0.2) is 8.42 Å². The van der Waals surface area contributed by atoms with Crippen molar-refractivity contribution in [3.63, 3.8) is 0 Å². The van der Waals surface area contributed by atoms with Crippen LogP contribution in [0.1, 0.15) is 6.92 Å². The Labute approximate surface area is 86.3 Å². The zero-order valence-corrected chi connectivity index (χ0v) is 8.88. The zero-order valence-electron chi connectivity index (χ0n) is 6.07. The Hall–Kier alpha value is -0.0400. The number of carbonyl (C=O) groups is 1. The molecule has 0 aliphatic carbocycles. The molecule has 0 atom stereocenters. The molecule has 0 bridgehead atoms. The number of hydrogen-bond donors (Lipinski definition) is 0. The number of nitrogens with zero attached hydrogens (tertiary/aromatic N) is 1. The molecule has 0 spiro atoms. The molecule has 5 nitrogen and oxygen atoms in total. The molecule has 0 unspecified atom stereocenters. The third-order valence-corrected chi connectivity index (χ3v) is 1.61. The summed E-state index contributed by atoms with van der Waals surface area (Å²) < 4.78 is 27.5. The molecule has 56 valence electrons. The second-order valence-electron chi connectivity index (χ2n) is 1.72. The predicted molar refractivity (Wildman–Crippen MR) is 32.1 cm³/mol. The van der Waals surface area contributed by atoms with Crippen molar-refractivity contribution in [2.45, 2.75) is 6.92 Å². The fourth-order valence-electron chi connectivity index (χ4n) is 0.378. The van der Waals surface area contributed by atoms with Gasteiger partial charge in [0.2, 0.25) is 0 Å². The molecule has 1 heterocycles. The van der Waals surface area contributed by atoms with Crippen LogP contribution in [-0.2, 0) is 19.3 Å². The summed E-state index contributed by atoms with van der Waals surface area (Å²) in [5, 5.41) is 0. The van der Waals surface area contributed by atoms with Crippen LogP contribution in [0.25, 0.3) is 4.72 Å². The van der Waals surface area contributed by atoms with Gasteiger partial charge in [0, 0.05) is 5.57 Å². The van der Waals surface area contributed by atoms with E-state index >= 15 is 0 Å². The molecule has 0 saturated heterocycles. The van der Waals surface area contributed by atoms with Gasteiger partial charge in [-0.2, -0.15) is 0 Å². The smallest absolute Gasteiger partial charge is 0.508 e. The van der Waals surface area contributed by atoms with Crippen LogP contribution >= 0.6 is 0 Å². The van der Waals surface area contributed by atoms with Gasteiger partial charge >= 0.3 is 29.6 Å². The van der Waals surface area contributed by atoms with Crippen LogP contribution in [0.3, 0.4) is 0 Å². The number of hydrogen-bond acceptors (Lipinski definition) is 4. The average molecular weight is 185 g/mol. The van der Waals surface area contributed by atoms with Gasteiger partial charge in [0.25, 0.3) is 10.3 Å². The van der Waals surface area contributed by atoms with E-state index in [2.05, 4.69) is 8.91 Å². The van der Waals surface area contributed by atoms with Crippen molar-refractivity contribution in [1.29, 1.82) is 0 Å². The molecule has 0 aromatic heterocycles. The third kappa shape index (κ3) is 2.82. The Morgan fingerprint density at radius 3 is 2.45 bits per heavy atom. The second kappa shape index (κ2) is 3.57. The van der Waals surface area contributed by atoms with Gasteiger partial charge in [-0.1, -0.05) is 0 Å². The van der Waals surface area contributed by atoms with Crippen molar-refractivity contribution in [1.82, 2.24) is 0 Å². The van der Waals surface area contributed by atoms with E-state index in [-0.39, 0.29) is 35.1 Å². The van der Waals surface area contributed by atoms with E-state index in [0.29, 0.717) is 0 Å². The summed E-state index contributed by atoms with van der Waals surface area (Å²) in [6.45, 7) is 1.42. The van der Waals surface area contributed by atoms with Crippen molar-refractivity contribution in [2.24, 2.45) is 0 Å². The van der Waals surface area contributed by atoms with Crippen LogP contribution in [0.4, 0.5) is 0 Å². The standard InChI is InChI=1S/C4H5NO4S.Na/c1-3-2-9-10(7,8)5-4(3)6;/h2H,1H3,(H,5,6);/q;+1/p-1. The first-order valence-electron chi connectivity index (χ1n) is 2.38. The first-order valence-corrected chi connectivity index (χ1v) is 3.75. The van der Waals surface area contributed by atoms with Crippen LogP contribution in [0, 0.1) is 0 Å². The zero-order chi connectivity index (χ0) is 7.78. The number of amides is 1. The number of carbonyl (C=O) groups excluding carboxylic acids is 1. The molecule has 0 aromatic carbocycles. The summed E-state index contributed by atoms with van der Waals surface area (Å²) in [6, 6.07) is 0. The third-order valence-electron chi connectivity index (χ3n) is 0.879. The maximum absolute atomic E-state index is 10.5. The number of rotatable bonds is 0. The molecule has 7 heteroatoms. The Bertz CT molecular complexity index is 293. The van der Waals surface area contributed by atoms with Gasteiger partial charge in [-0.05, 0) is 6.92 Å². The van der Waals surface area contributed by atoms with Crippen LogP contribution in [0.2, 0.25) is 0 Å². The quantitative estimate of drug-likeness (QED) is 0.379. The average Bonchev–Trinajstić information content (AvgIpc) is 1.79. The molecule has 0 radical (unpaired) electrons. The largest absolute Gasteiger partial charge is 1.00 e. The van der Waals surface area contributed by atoms with Crippen LogP contribution in [-0.4, -0.2) is 14.3 Å². The van der Waals surface area contributed by atoms with Crippen molar-refractivity contribution >= 4 is 16.2 Å². The SMILES string of the molecule is CC1=COS(=O)(=O)[N-]C1=O.[Na+]. The Balaban J connectivity index is 0.000001000. The topological polar surface area (TPSA) is 74.5 Å². The normalized spacial score (nSPS) is 20.5. The van der Waals surface area contributed by atoms with Crippen LogP contribution in [0.5, 0.6) is 0 Å². The van der Waals surface area contributed by atoms with E-state index in [9.17, 15) is 13.2 Å². The minimum absolute atomic E-state index is 0. The molecule has 11 heavy (non-hydrogen) atoms. The van der Waals surface area contributed by atoms with E-state index < -0.39 is 16.2 Å². The Morgan fingerprint density at radius 2 is 2.09 bits per heavy atom.